The SMILES string of the molecule is Cc1cc(C)c(-c2cnc(NC3CCCN(CC(=O)NC(C)CO)C3)nn2)c(O)c1. The number of phenolic OH excluding ortho intramolecular Hbond substituents is 1. The summed E-state index contributed by atoms with van der Waals surface area (Å²) >= 11 is 0. The third-order valence-corrected chi connectivity index (χ3v) is 5.16. The number of phenols is 1. The van der Waals surface area contributed by atoms with Gasteiger partial charge in [-0.3, -0.25) is 9.69 Å². The molecule has 1 aliphatic heterocycles. The minimum atomic E-state index is -0.245. The van der Waals surface area contributed by atoms with Gasteiger partial charge in [0.25, 0.3) is 0 Å². The lowest BCUT2D eigenvalue weighted by atomic mass is 10.0. The van der Waals surface area contributed by atoms with Crippen LogP contribution in [0.5, 0.6) is 5.75 Å². The predicted octanol–water partition coefficient (Wildman–Crippen LogP) is 1.23. The molecule has 2 aromatic rings. The van der Waals surface area contributed by atoms with Crippen molar-refractivity contribution in [2.75, 3.05) is 31.6 Å². The summed E-state index contributed by atoms with van der Waals surface area (Å²) < 4.78 is 0. The molecule has 1 aromatic carbocycles. The number of likely N-dealkylation sites (tertiary alicyclic amines) is 1. The van der Waals surface area contributed by atoms with Crippen LogP contribution < -0.4 is 10.6 Å². The molecule has 9 heteroatoms. The highest BCUT2D eigenvalue weighted by Gasteiger charge is 2.23. The lowest BCUT2D eigenvalue weighted by molar-refractivity contribution is -0.123. The number of nitrogens with one attached hydrogen (secondary N) is 2. The molecule has 0 bridgehead atoms. The van der Waals surface area contributed by atoms with Gasteiger partial charge < -0.3 is 20.8 Å². The Morgan fingerprint density at radius 2 is 2.13 bits per heavy atom. The van der Waals surface area contributed by atoms with E-state index in [2.05, 4.69) is 30.7 Å². The number of piperidine rings is 1. The van der Waals surface area contributed by atoms with Crippen molar-refractivity contribution < 1.29 is 15.0 Å². The van der Waals surface area contributed by atoms with Crippen LogP contribution in [-0.2, 0) is 4.79 Å². The summed E-state index contributed by atoms with van der Waals surface area (Å²) in [4.78, 5) is 18.5. The zero-order chi connectivity index (χ0) is 21.7. The van der Waals surface area contributed by atoms with Crippen LogP contribution in [0.25, 0.3) is 11.3 Å². The molecule has 2 heterocycles. The van der Waals surface area contributed by atoms with Crippen molar-refractivity contribution in [2.45, 2.75) is 45.7 Å². The van der Waals surface area contributed by atoms with Gasteiger partial charge in [-0.25, -0.2) is 4.98 Å². The zero-order valence-electron chi connectivity index (χ0n) is 17.7. The van der Waals surface area contributed by atoms with E-state index in [0.29, 0.717) is 30.3 Å². The second-order valence-corrected chi connectivity index (χ2v) is 8.01. The number of hydrogen-bond acceptors (Lipinski definition) is 8. The smallest absolute Gasteiger partial charge is 0.242 e. The van der Waals surface area contributed by atoms with Crippen LogP contribution in [0.15, 0.2) is 18.3 Å². The topological polar surface area (TPSA) is 124 Å². The molecule has 3 rings (SSSR count). The van der Waals surface area contributed by atoms with E-state index < -0.39 is 0 Å². The molecule has 0 aliphatic carbocycles. The number of aromatic nitrogens is 3. The summed E-state index contributed by atoms with van der Waals surface area (Å²) in [6.07, 6.45) is 3.52. The van der Waals surface area contributed by atoms with Crippen molar-refractivity contribution in [2.24, 2.45) is 0 Å². The summed E-state index contributed by atoms with van der Waals surface area (Å²) in [6.45, 7) is 7.39. The summed E-state index contributed by atoms with van der Waals surface area (Å²) in [5.41, 5.74) is 3.06. The van der Waals surface area contributed by atoms with Crippen LogP contribution in [0.4, 0.5) is 5.95 Å². The van der Waals surface area contributed by atoms with Gasteiger partial charge in [0, 0.05) is 24.2 Å². The Bertz CT molecular complexity index is 851. The van der Waals surface area contributed by atoms with E-state index >= 15 is 0 Å². The number of carbonyl (C=O) groups excluding carboxylic acids is 1. The Morgan fingerprint density at radius 3 is 2.80 bits per heavy atom. The van der Waals surface area contributed by atoms with Gasteiger partial charge in [0.1, 0.15) is 11.4 Å². The molecule has 2 unspecified atom stereocenters. The predicted molar refractivity (Wildman–Crippen MR) is 114 cm³/mol. The number of aliphatic hydroxyl groups excluding tert-OH is 1. The lowest BCUT2D eigenvalue weighted by Gasteiger charge is -2.32. The molecule has 4 N–H and O–H groups in total. The first-order valence-corrected chi connectivity index (χ1v) is 10.2. The molecule has 1 amide bonds. The Morgan fingerprint density at radius 1 is 1.33 bits per heavy atom. The van der Waals surface area contributed by atoms with Crippen LogP contribution in [0.3, 0.4) is 0 Å². The maximum absolute atomic E-state index is 12.1. The van der Waals surface area contributed by atoms with Crippen LogP contribution in [0.2, 0.25) is 0 Å². The zero-order valence-corrected chi connectivity index (χ0v) is 17.7. The quantitative estimate of drug-likeness (QED) is 0.534. The molecule has 0 spiro atoms. The fourth-order valence-electron chi connectivity index (χ4n) is 3.80. The molecule has 30 heavy (non-hydrogen) atoms. The van der Waals surface area contributed by atoms with Crippen LogP contribution in [-0.4, -0.2) is 74.5 Å². The van der Waals surface area contributed by atoms with E-state index in [-0.39, 0.29) is 30.3 Å². The second kappa shape index (κ2) is 9.82. The third-order valence-electron chi connectivity index (χ3n) is 5.16. The van der Waals surface area contributed by atoms with Crippen molar-refractivity contribution >= 4 is 11.9 Å². The van der Waals surface area contributed by atoms with Crippen molar-refractivity contribution in [3.05, 3.63) is 29.5 Å². The number of nitrogens with zero attached hydrogens (tertiary/aromatic N) is 4. The number of anilines is 1. The Balaban J connectivity index is 1.60. The molecule has 1 fully saturated rings. The van der Waals surface area contributed by atoms with Gasteiger partial charge >= 0.3 is 0 Å². The molecular formula is C21H30N6O3. The summed E-state index contributed by atoms with van der Waals surface area (Å²) in [7, 11) is 0. The first kappa shape index (κ1) is 21.9. The highest BCUT2D eigenvalue weighted by molar-refractivity contribution is 5.78. The molecule has 1 saturated heterocycles. The fourth-order valence-corrected chi connectivity index (χ4v) is 3.80. The molecular weight excluding hydrogens is 384 g/mol. The number of carbonyl (C=O) groups is 1. The number of rotatable bonds is 7. The molecule has 0 saturated carbocycles. The second-order valence-electron chi connectivity index (χ2n) is 8.01. The number of aromatic hydroxyl groups is 1. The number of aryl methyl sites for hydroxylation is 2. The lowest BCUT2D eigenvalue weighted by Crippen LogP contribution is -2.48. The van der Waals surface area contributed by atoms with Crippen LogP contribution in [0, 0.1) is 13.8 Å². The summed E-state index contributed by atoms with van der Waals surface area (Å²) in [6, 6.07) is 3.55. The monoisotopic (exact) mass is 414 g/mol. The van der Waals surface area contributed by atoms with Crippen molar-refractivity contribution in [1.29, 1.82) is 0 Å². The van der Waals surface area contributed by atoms with E-state index in [0.717, 1.165) is 30.5 Å². The average Bonchev–Trinajstić information content (AvgIpc) is 2.68. The van der Waals surface area contributed by atoms with Gasteiger partial charge in [-0.05, 0) is 57.4 Å². The van der Waals surface area contributed by atoms with Gasteiger partial charge in [-0.15, -0.1) is 10.2 Å². The van der Waals surface area contributed by atoms with Crippen LogP contribution >= 0.6 is 0 Å². The van der Waals surface area contributed by atoms with Gasteiger partial charge in [0.05, 0.1) is 19.3 Å². The van der Waals surface area contributed by atoms with E-state index in [1.807, 2.05) is 19.9 Å². The maximum atomic E-state index is 12.1. The Hall–Kier alpha value is -2.78. The normalized spacial score (nSPS) is 18.1. The first-order chi connectivity index (χ1) is 14.4. The first-order valence-electron chi connectivity index (χ1n) is 10.2. The van der Waals surface area contributed by atoms with Crippen molar-refractivity contribution in [3.63, 3.8) is 0 Å². The van der Waals surface area contributed by atoms with Gasteiger partial charge in [0.15, 0.2) is 0 Å². The summed E-state index contributed by atoms with van der Waals surface area (Å²) in [5, 5.41) is 33.8. The molecule has 1 aromatic heterocycles. The van der Waals surface area contributed by atoms with E-state index in [1.165, 1.54) is 0 Å². The fraction of sp³-hybridized carbons (Fsp3) is 0.524. The molecule has 0 radical (unpaired) electrons. The Labute approximate surface area is 176 Å². The number of amides is 1. The Kier molecular flexibility index (Phi) is 7.17. The standard InChI is InChI=1S/C21H30N6O3/c1-13-7-14(2)20(18(29)8-13)17-9-22-21(26-25-17)24-16-5-4-6-27(10-16)11-19(30)23-15(3)12-28/h7-9,15-16,28-29H,4-6,10-12H2,1-3H3,(H,23,30)(H,22,24,26). The van der Waals surface area contributed by atoms with E-state index in [9.17, 15) is 9.90 Å². The van der Waals surface area contributed by atoms with Gasteiger partial charge in [-0.1, -0.05) is 6.07 Å². The van der Waals surface area contributed by atoms with Crippen molar-refractivity contribution in [1.82, 2.24) is 25.4 Å². The number of benzene rings is 1. The molecule has 162 valence electrons. The van der Waals surface area contributed by atoms with Crippen molar-refractivity contribution in [3.8, 4) is 17.0 Å². The molecule has 1 aliphatic rings. The highest BCUT2D eigenvalue weighted by atomic mass is 16.3. The number of aliphatic hydroxyl groups is 1. The van der Waals surface area contributed by atoms with Gasteiger partial charge in [0.2, 0.25) is 11.9 Å². The van der Waals surface area contributed by atoms with Crippen LogP contribution in [0.1, 0.15) is 30.9 Å². The highest BCUT2D eigenvalue weighted by Crippen LogP contribution is 2.31. The minimum Gasteiger partial charge on any atom is -0.507 e. The maximum Gasteiger partial charge on any atom is 0.242 e. The third kappa shape index (κ3) is 5.64. The number of hydrogen-bond donors (Lipinski definition) is 4. The average molecular weight is 415 g/mol. The van der Waals surface area contributed by atoms with Gasteiger partial charge in [-0.2, -0.15) is 0 Å². The molecule has 9 nitrogen and oxygen atoms in total. The summed E-state index contributed by atoms with van der Waals surface area (Å²) in [5.74, 6) is 0.502. The largest absolute Gasteiger partial charge is 0.507 e. The van der Waals surface area contributed by atoms with E-state index in [4.69, 9.17) is 5.11 Å². The van der Waals surface area contributed by atoms with E-state index in [1.54, 1.807) is 19.2 Å². The molecule has 2 atom stereocenters. The minimum absolute atomic E-state index is 0.0733.